The van der Waals surface area contributed by atoms with Crippen molar-refractivity contribution in [3.8, 4) is 0 Å². The van der Waals surface area contributed by atoms with Crippen LogP contribution in [0.1, 0.15) is 30.5 Å². The van der Waals surface area contributed by atoms with Gasteiger partial charge in [-0.15, -0.1) is 0 Å². The van der Waals surface area contributed by atoms with Gasteiger partial charge in [-0.2, -0.15) is 0 Å². The Labute approximate surface area is 166 Å². The molecule has 1 heterocycles. The van der Waals surface area contributed by atoms with Crippen molar-refractivity contribution >= 4 is 28.8 Å². The largest absolute Gasteiger partial charge is 0.378 e. The minimum absolute atomic E-state index is 0.212. The van der Waals surface area contributed by atoms with Crippen LogP contribution in [0, 0.1) is 13.8 Å². The molecule has 1 N–H and O–H groups in total. The van der Waals surface area contributed by atoms with E-state index < -0.39 is 0 Å². The van der Waals surface area contributed by atoms with Crippen molar-refractivity contribution in [3.05, 3.63) is 64.9 Å². The third kappa shape index (κ3) is 3.52. The number of nitrogens with zero attached hydrogens (tertiary/aromatic N) is 2. The molecule has 1 aliphatic heterocycles. The van der Waals surface area contributed by atoms with Crippen LogP contribution in [0.4, 0.5) is 11.4 Å². The van der Waals surface area contributed by atoms with Gasteiger partial charge in [0.2, 0.25) is 0 Å². The van der Waals surface area contributed by atoms with Crippen LogP contribution < -0.4 is 10.2 Å². The van der Waals surface area contributed by atoms with Gasteiger partial charge in [0.25, 0.3) is 11.8 Å². The second-order valence-electron chi connectivity index (χ2n) is 7.71. The predicted octanol–water partition coefficient (Wildman–Crippen LogP) is 3.97. The van der Waals surface area contributed by atoms with Crippen LogP contribution in [0.3, 0.4) is 0 Å². The average molecular weight is 377 g/mol. The first-order valence-electron chi connectivity index (χ1n) is 9.45. The third-order valence-corrected chi connectivity index (χ3v) is 4.94. The zero-order chi connectivity index (χ0) is 20.6. The fraction of sp³-hybridized carbons (Fsp3) is 0.304. The van der Waals surface area contributed by atoms with Crippen LogP contribution in [0.25, 0.3) is 5.57 Å². The molecule has 0 spiro atoms. The average Bonchev–Trinajstić information content (AvgIpc) is 2.86. The van der Waals surface area contributed by atoms with E-state index >= 15 is 0 Å². The van der Waals surface area contributed by atoms with Crippen molar-refractivity contribution in [1.29, 1.82) is 0 Å². The van der Waals surface area contributed by atoms with E-state index in [1.807, 2.05) is 89.2 Å². The summed E-state index contributed by atoms with van der Waals surface area (Å²) in [6.45, 7) is 7.68. The highest BCUT2D eigenvalue weighted by molar-refractivity contribution is 6.36. The molecule has 0 saturated carbocycles. The predicted molar refractivity (Wildman–Crippen MR) is 114 cm³/mol. The Bertz CT molecular complexity index is 956. The highest BCUT2D eigenvalue weighted by atomic mass is 16.2. The normalized spacial score (nSPS) is 14.3. The van der Waals surface area contributed by atoms with E-state index in [4.69, 9.17) is 0 Å². The molecule has 5 heteroatoms. The van der Waals surface area contributed by atoms with Gasteiger partial charge in [0.1, 0.15) is 5.70 Å². The monoisotopic (exact) mass is 377 g/mol. The molecule has 5 nitrogen and oxygen atoms in total. The summed E-state index contributed by atoms with van der Waals surface area (Å²) in [5, 5.41) is 3.21. The Morgan fingerprint density at radius 2 is 1.57 bits per heavy atom. The van der Waals surface area contributed by atoms with Crippen LogP contribution in [0.2, 0.25) is 0 Å². The van der Waals surface area contributed by atoms with E-state index in [2.05, 4.69) is 5.32 Å². The van der Waals surface area contributed by atoms with Gasteiger partial charge in [-0.05, 0) is 63.1 Å². The lowest BCUT2D eigenvalue weighted by Gasteiger charge is -2.19. The molecule has 3 rings (SSSR count). The molecule has 0 aliphatic carbocycles. The van der Waals surface area contributed by atoms with Gasteiger partial charge in [-0.25, -0.2) is 0 Å². The minimum Gasteiger partial charge on any atom is -0.378 e. The number of carbonyl (C=O) groups is 2. The van der Waals surface area contributed by atoms with Crippen molar-refractivity contribution in [1.82, 2.24) is 4.90 Å². The minimum atomic E-state index is -0.285. The molecular weight excluding hydrogens is 350 g/mol. The van der Waals surface area contributed by atoms with Crippen LogP contribution in [-0.4, -0.2) is 36.9 Å². The maximum atomic E-state index is 13.1. The summed E-state index contributed by atoms with van der Waals surface area (Å²) < 4.78 is 0. The van der Waals surface area contributed by atoms with Crippen LogP contribution in [-0.2, 0) is 9.59 Å². The van der Waals surface area contributed by atoms with Crippen molar-refractivity contribution in [2.75, 3.05) is 24.3 Å². The number of hydrogen-bond donors (Lipinski definition) is 1. The van der Waals surface area contributed by atoms with Crippen molar-refractivity contribution in [3.63, 3.8) is 0 Å². The third-order valence-electron chi connectivity index (χ3n) is 4.94. The van der Waals surface area contributed by atoms with Gasteiger partial charge in [-0.1, -0.05) is 23.8 Å². The van der Waals surface area contributed by atoms with Gasteiger partial charge in [0.15, 0.2) is 0 Å². The number of carbonyl (C=O) groups excluding carboxylic acids is 2. The van der Waals surface area contributed by atoms with Crippen LogP contribution in [0.15, 0.2) is 48.2 Å². The number of aryl methyl sites for hydroxylation is 2. The Morgan fingerprint density at radius 1 is 0.929 bits per heavy atom. The van der Waals surface area contributed by atoms with E-state index in [-0.39, 0.29) is 17.9 Å². The lowest BCUT2D eigenvalue weighted by Crippen LogP contribution is -2.38. The summed E-state index contributed by atoms with van der Waals surface area (Å²) in [4.78, 5) is 29.5. The number of rotatable bonds is 5. The summed E-state index contributed by atoms with van der Waals surface area (Å²) in [6, 6.07) is 13.5. The molecule has 1 aliphatic rings. The topological polar surface area (TPSA) is 52.7 Å². The summed E-state index contributed by atoms with van der Waals surface area (Å²) in [5.41, 5.74) is 5.49. The molecule has 0 unspecified atom stereocenters. The van der Waals surface area contributed by atoms with Gasteiger partial charge in [0, 0.05) is 31.5 Å². The molecule has 2 aromatic carbocycles. The van der Waals surface area contributed by atoms with Crippen molar-refractivity contribution < 1.29 is 9.59 Å². The lowest BCUT2D eigenvalue weighted by molar-refractivity contribution is -0.138. The number of amides is 2. The summed E-state index contributed by atoms with van der Waals surface area (Å²) >= 11 is 0. The molecule has 2 amide bonds. The molecule has 0 saturated heterocycles. The highest BCUT2D eigenvalue weighted by Crippen LogP contribution is 2.33. The number of hydrogen-bond acceptors (Lipinski definition) is 4. The number of imide groups is 1. The summed E-state index contributed by atoms with van der Waals surface area (Å²) in [7, 11) is 3.95. The maximum absolute atomic E-state index is 13.1. The molecule has 0 aromatic heterocycles. The lowest BCUT2D eigenvalue weighted by atomic mass is 9.97. The fourth-order valence-corrected chi connectivity index (χ4v) is 3.46. The molecule has 0 radical (unpaired) electrons. The van der Waals surface area contributed by atoms with E-state index in [9.17, 15) is 9.59 Å². The number of nitrogens with one attached hydrogen (secondary N) is 1. The van der Waals surface area contributed by atoms with Crippen molar-refractivity contribution in [2.45, 2.75) is 33.7 Å². The maximum Gasteiger partial charge on any atom is 0.278 e. The molecule has 0 atom stereocenters. The van der Waals surface area contributed by atoms with Crippen molar-refractivity contribution in [2.24, 2.45) is 0 Å². The first kappa shape index (κ1) is 19.7. The zero-order valence-corrected chi connectivity index (χ0v) is 17.3. The van der Waals surface area contributed by atoms with Gasteiger partial charge >= 0.3 is 0 Å². The molecule has 0 fully saturated rings. The Kier molecular flexibility index (Phi) is 5.27. The Balaban J connectivity index is 2.09. The summed E-state index contributed by atoms with van der Waals surface area (Å²) in [6.07, 6.45) is 0. The Morgan fingerprint density at radius 3 is 2.11 bits per heavy atom. The fourth-order valence-electron chi connectivity index (χ4n) is 3.46. The zero-order valence-electron chi connectivity index (χ0n) is 17.3. The first-order valence-corrected chi connectivity index (χ1v) is 9.45. The number of benzene rings is 2. The molecule has 2 aromatic rings. The van der Waals surface area contributed by atoms with E-state index in [0.29, 0.717) is 11.3 Å². The number of anilines is 2. The van der Waals surface area contributed by atoms with Crippen LogP contribution in [0.5, 0.6) is 0 Å². The molecule has 0 bridgehead atoms. The van der Waals surface area contributed by atoms with Gasteiger partial charge < -0.3 is 10.2 Å². The standard InChI is InChI=1S/C23H27N3O2/c1-14(2)26-22(27)20(19-12-7-15(3)13-16(19)4)21(23(26)28)24-17-8-10-18(11-9-17)25(5)6/h7-14,24H,1-6H3. The van der Waals surface area contributed by atoms with E-state index in [1.165, 1.54) is 4.90 Å². The second-order valence-corrected chi connectivity index (χ2v) is 7.71. The SMILES string of the molecule is Cc1ccc(C2=C(Nc3ccc(N(C)C)cc3)C(=O)N(C(C)C)C2=O)c(C)c1. The first-order chi connectivity index (χ1) is 13.2. The Hall–Kier alpha value is -3.08. The van der Waals surface area contributed by atoms with Gasteiger partial charge in [0.05, 0.1) is 5.57 Å². The van der Waals surface area contributed by atoms with E-state index in [0.717, 1.165) is 28.1 Å². The second kappa shape index (κ2) is 7.50. The van der Waals surface area contributed by atoms with Gasteiger partial charge in [-0.3, -0.25) is 14.5 Å². The smallest absolute Gasteiger partial charge is 0.278 e. The quantitative estimate of drug-likeness (QED) is 0.801. The summed E-state index contributed by atoms with van der Waals surface area (Å²) in [5.74, 6) is -0.536. The molecule has 28 heavy (non-hydrogen) atoms. The highest BCUT2D eigenvalue weighted by Gasteiger charge is 2.40. The molecular formula is C23H27N3O2. The van der Waals surface area contributed by atoms with E-state index in [1.54, 1.807) is 0 Å². The van der Waals surface area contributed by atoms with Crippen LogP contribution >= 0.6 is 0 Å². The molecule has 146 valence electrons.